The fourth-order valence-electron chi connectivity index (χ4n) is 2.92. The van der Waals surface area contributed by atoms with Gasteiger partial charge in [0.1, 0.15) is 18.3 Å². The van der Waals surface area contributed by atoms with E-state index in [-0.39, 0.29) is 30.1 Å². The second-order valence-electron chi connectivity index (χ2n) is 7.85. The highest BCUT2D eigenvalue weighted by Crippen LogP contribution is 2.30. The molecule has 0 atom stereocenters. The SMILES string of the molecule is [C-]#[N+]c1nc(N2CCN(C(=O)OC(C)(C)C)CC2)c(OCc2ccncc2)nc1C#N. The van der Waals surface area contributed by atoms with Crippen molar-refractivity contribution in [1.82, 2.24) is 19.9 Å². The molecule has 10 heteroatoms. The summed E-state index contributed by atoms with van der Waals surface area (Å²) >= 11 is 0. The Balaban J connectivity index is 1.79. The van der Waals surface area contributed by atoms with E-state index in [1.807, 2.05) is 43.9 Å². The van der Waals surface area contributed by atoms with E-state index in [1.54, 1.807) is 17.3 Å². The third kappa shape index (κ3) is 5.58. The van der Waals surface area contributed by atoms with E-state index in [2.05, 4.69) is 19.8 Å². The average molecular weight is 421 g/mol. The minimum absolute atomic E-state index is 0.0802. The molecule has 31 heavy (non-hydrogen) atoms. The fourth-order valence-corrected chi connectivity index (χ4v) is 2.92. The molecule has 0 aliphatic carbocycles. The second-order valence-corrected chi connectivity index (χ2v) is 7.85. The lowest BCUT2D eigenvalue weighted by Crippen LogP contribution is -2.50. The van der Waals surface area contributed by atoms with Crippen molar-refractivity contribution in [3.63, 3.8) is 0 Å². The Labute approximate surface area is 180 Å². The van der Waals surface area contributed by atoms with E-state index in [4.69, 9.17) is 16.0 Å². The first-order valence-electron chi connectivity index (χ1n) is 9.75. The van der Waals surface area contributed by atoms with Crippen LogP contribution in [0.5, 0.6) is 5.88 Å². The van der Waals surface area contributed by atoms with Gasteiger partial charge in [0.15, 0.2) is 5.69 Å². The molecular formula is C21H23N7O3. The van der Waals surface area contributed by atoms with Crippen LogP contribution in [0.3, 0.4) is 0 Å². The van der Waals surface area contributed by atoms with Crippen LogP contribution >= 0.6 is 0 Å². The van der Waals surface area contributed by atoms with Crippen molar-refractivity contribution in [3.8, 4) is 11.9 Å². The molecule has 160 valence electrons. The Morgan fingerprint density at radius 3 is 2.48 bits per heavy atom. The maximum atomic E-state index is 12.3. The molecule has 1 saturated heterocycles. The maximum absolute atomic E-state index is 12.3. The van der Waals surface area contributed by atoms with Crippen LogP contribution in [0.4, 0.5) is 16.4 Å². The van der Waals surface area contributed by atoms with Crippen molar-refractivity contribution in [2.24, 2.45) is 0 Å². The van der Waals surface area contributed by atoms with E-state index in [9.17, 15) is 10.1 Å². The highest BCUT2D eigenvalue weighted by molar-refractivity contribution is 5.69. The monoisotopic (exact) mass is 421 g/mol. The van der Waals surface area contributed by atoms with Gasteiger partial charge in [0.25, 0.3) is 11.7 Å². The van der Waals surface area contributed by atoms with Gasteiger partial charge in [-0.25, -0.2) is 9.78 Å². The molecule has 1 fully saturated rings. The molecule has 0 unspecified atom stereocenters. The fraction of sp³-hybridized carbons (Fsp3) is 0.429. The van der Waals surface area contributed by atoms with Crippen molar-refractivity contribution in [1.29, 1.82) is 5.26 Å². The number of nitrogens with zero attached hydrogens (tertiary/aromatic N) is 7. The minimum atomic E-state index is -0.564. The predicted molar refractivity (Wildman–Crippen MR) is 112 cm³/mol. The van der Waals surface area contributed by atoms with Crippen molar-refractivity contribution >= 4 is 17.7 Å². The van der Waals surface area contributed by atoms with Crippen LogP contribution in [-0.2, 0) is 11.3 Å². The van der Waals surface area contributed by atoms with Crippen molar-refractivity contribution in [3.05, 3.63) is 47.2 Å². The summed E-state index contributed by atoms with van der Waals surface area (Å²) in [7, 11) is 0. The van der Waals surface area contributed by atoms with Crippen molar-refractivity contribution in [2.45, 2.75) is 33.0 Å². The second kappa shape index (κ2) is 9.26. The molecule has 10 nitrogen and oxygen atoms in total. The summed E-state index contributed by atoms with van der Waals surface area (Å²) in [4.78, 5) is 31.7. The molecule has 1 aliphatic heterocycles. The Morgan fingerprint density at radius 2 is 1.90 bits per heavy atom. The van der Waals surface area contributed by atoms with Crippen LogP contribution in [-0.4, -0.2) is 57.7 Å². The normalized spacial score (nSPS) is 13.8. The zero-order valence-corrected chi connectivity index (χ0v) is 17.7. The summed E-state index contributed by atoms with van der Waals surface area (Å²) in [6, 6.07) is 5.52. The summed E-state index contributed by atoms with van der Waals surface area (Å²) in [6.07, 6.45) is 2.95. The summed E-state index contributed by atoms with van der Waals surface area (Å²) in [5, 5.41) is 9.32. The van der Waals surface area contributed by atoms with Crippen molar-refractivity contribution in [2.75, 3.05) is 31.1 Å². The number of nitriles is 1. The largest absolute Gasteiger partial charge is 0.469 e. The molecule has 2 aromatic heterocycles. The molecule has 2 aromatic rings. The highest BCUT2D eigenvalue weighted by Gasteiger charge is 2.30. The standard InChI is InChI=1S/C21H23N7O3/c1-21(2,3)31-20(29)28-11-9-27(10-12-28)18-19(25-16(13-22)17(23-4)26-18)30-14-15-5-7-24-8-6-15/h5-8H,9-12,14H2,1-3H3. The van der Waals surface area contributed by atoms with E-state index < -0.39 is 5.60 Å². The predicted octanol–water partition coefficient (Wildman–Crippen LogP) is 2.93. The topological polar surface area (TPSA) is 109 Å². The minimum Gasteiger partial charge on any atom is -0.469 e. The summed E-state index contributed by atoms with van der Waals surface area (Å²) in [5.74, 6) is 0.470. The lowest BCUT2D eigenvalue weighted by Gasteiger charge is -2.35. The molecule has 0 bridgehead atoms. The number of aromatic nitrogens is 3. The van der Waals surface area contributed by atoms with E-state index in [0.29, 0.717) is 32.0 Å². The van der Waals surface area contributed by atoms with Crippen LogP contribution in [0.2, 0.25) is 0 Å². The van der Waals surface area contributed by atoms with Gasteiger partial charge in [0.05, 0.1) is 0 Å². The summed E-state index contributed by atoms with van der Waals surface area (Å²) in [5.41, 5.74) is 0.229. The van der Waals surface area contributed by atoms with Crippen LogP contribution < -0.4 is 9.64 Å². The van der Waals surface area contributed by atoms with E-state index in [1.165, 1.54) is 0 Å². The van der Waals surface area contributed by atoms with Gasteiger partial charge in [-0.1, -0.05) is 11.6 Å². The first kappa shape index (κ1) is 21.8. The van der Waals surface area contributed by atoms with Gasteiger partial charge in [-0.3, -0.25) is 4.98 Å². The Bertz CT molecular complexity index is 1010. The maximum Gasteiger partial charge on any atom is 0.410 e. The molecule has 0 N–H and O–H groups in total. The van der Waals surface area contributed by atoms with Crippen LogP contribution in [0.1, 0.15) is 32.0 Å². The number of anilines is 1. The number of ether oxygens (including phenoxy) is 2. The van der Waals surface area contributed by atoms with Gasteiger partial charge in [0, 0.05) is 38.6 Å². The molecule has 1 aliphatic rings. The first-order valence-corrected chi connectivity index (χ1v) is 9.75. The molecule has 0 radical (unpaired) electrons. The Kier molecular flexibility index (Phi) is 6.51. The van der Waals surface area contributed by atoms with Crippen LogP contribution in [0.15, 0.2) is 24.5 Å². The Morgan fingerprint density at radius 1 is 1.23 bits per heavy atom. The molecule has 0 saturated carbocycles. The zero-order valence-electron chi connectivity index (χ0n) is 17.7. The number of carbonyl (C=O) groups is 1. The summed E-state index contributed by atoms with van der Waals surface area (Å²) < 4.78 is 11.3. The number of hydrogen-bond acceptors (Lipinski definition) is 8. The number of carbonyl (C=O) groups excluding carboxylic acids is 1. The summed E-state index contributed by atoms with van der Waals surface area (Å²) in [6.45, 7) is 14.8. The van der Waals surface area contributed by atoms with E-state index >= 15 is 0 Å². The number of pyridine rings is 1. The van der Waals surface area contributed by atoms with Gasteiger partial charge in [-0.05, 0) is 38.5 Å². The Hall–Kier alpha value is -3.92. The van der Waals surface area contributed by atoms with Crippen LogP contribution in [0, 0.1) is 17.9 Å². The first-order chi connectivity index (χ1) is 14.8. The highest BCUT2D eigenvalue weighted by atomic mass is 16.6. The molecule has 0 spiro atoms. The van der Waals surface area contributed by atoms with Crippen molar-refractivity contribution < 1.29 is 14.3 Å². The average Bonchev–Trinajstić information content (AvgIpc) is 2.76. The van der Waals surface area contributed by atoms with Gasteiger partial charge < -0.3 is 24.1 Å². The molecule has 3 heterocycles. The van der Waals surface area contributed by atoms with Gasteiger partial charge in [-0.15, -0.1) is 0 Å². The van der Waals surface area contributed by atoms with E-state index in [0.717, 1.165) is 5.56 Å². The van der Waals surface area contributed by atoms with Crippen LogP contribution in [0.25, 0.3) is 4.85 Å². The number of piperazine rings is 1. The molecule has 0 aromatic carbocycles. The quantitative estimate of drug-likeness (QED) is 0.693. The third-order valence-corrected chi connectivity index (χ3v) is 4.40. The number of hydrogen-bond donors (Lipinski definition) is 0. The van der Waals surface area contributed by atoms with Gasteiger partial charge >= 0.3 is 11.9 Å². The van der Waals surface area contributed by atoms with Gasteiger partial charge in [0.2, 0.25) is 0 Å². The zero-order chi connectivity index (χ0) is 22.4. The smallest absolute Gasteiger partial charge is 0.410 e. The molecule has 1 amide bonds. The lowest BCUT2D eigenvalue weighted by molar-refractivity contribution is 0.0240. The van der Waals surface area contributed by atoms with Gasteiger partial charge in [-0.2, -0.15) is 5.26 Å². The lowest BCUT2D eigenvalue weighted by atomic mass is 10.2. The number of amides is 1. The molecular weight excluding hydrogens is 398 g/mol. The third-order valence-electron chi connectivity index (χ3n) is 4.40. The molecule has 3 rings (SSSR count). The number of rotatable bonds is 4.